The third-order valence-corrected chi connectivity index (χ3v) is 5.14. The summed E-state index contributed by atoms with van der Waals surface area (Å²) in [5.41, 5.74) is -1.18. The summed E-state index contributed by atoms with van der Waals surface area (Å²) < 4.78 is 0. The number of fused-ring (bicyclic) bond motifs is 2. The van der Waals surface area contributed by atoms with Gasteiger partial charge in [-0.25, -0.2) is 9.78 Å². The molecule has 4 rings (SSSR count). The number of hydrogen-bond donors (Lipinski definition) is 4. The first kappa shape index (κ1) is 18.9. The summed E-state index contributed by atoms with van der Waals surface area (Å²) in [6, 6.07) is 3.34. The third-order valence-electron chi connectivity index (χ3n) is 5.14. The van der Waals surface area contributed by atoms with E-state index in [1.807, 2.05) is 0 Å². The lowest BCUT2D eigenvalue weighted by atomic mass is 10.1. The number of hydrogen-bond acceptors (Lipinski definition) is 7. The molecule has 0 amide bonds. The van der Waals surface area contributed by atoms with Crippen molar-refractivity contribution in [3.8, 4) is 5.75 Å². The number of aromatic nitrogens is 2. The normalized spacial score (nSPS) is 15.4. The molecule has 9 heteroatoms. The summed E-state index contributed by atoms with van der Waals surface area (Å²) in [7, 11) is 0. The van der Waals surface area contributed by atoms with Crippen LogP contribution in [0.25, 0.3) is 28.3 Å². The van der Waals surface area contributed by atoms with Gasteiger partial charge < -0.3 is 25.4 Å². The SMILES string of the molecule is O=C(O)c1ccc(=O)c2nc3/c(=C\NCCN4CCCC4)c(O)cc(=O)c3[nH]c12. The van der Waals surface area contributed by atoms with E-state index in [1.165, 1.54) is 18.9 Å². The Hall–Kier alpha value is -3.46. The largest absolute Gasteiger partial charge is 0.507 e. The number of carboxylic acid groups (broad SMARTS) is 1. The van der Waals surface area contributed by atoms with Gasteiger partial charge in [0.25, 0.3) is 0 Å². The molecular weight excluding hydrogens is 376 g/mol. The topological polar surface area (TPSA) is 136 Å². The van der Waals surface area contributed by atoms with E-state index < -0.39 is 16.8 Å². The highest BCUT2D eigenvalue weighted by Crippen LogP contribution is 2.15. The van der Waals surface area contributed by atoms with Gasteiger partial charge in [0, 0.05) is 25.4 Å². The average Bonchev–Trinajstić information content (AvgIpc) is 3.20. The second-order valence-electron chi connectivity index (χ2n) is 7.06. The second kappa shape index (κ2) is 7.51. The molecule has 1 aromatic heterocycles. The van der Waals surface area contributed by atoms with Crippen LogP contribution >= 0.6 is 0 Å². The zero-order chi connectivity index (χ0) is 20.5. The predicted molar refractivity (Wildman–Crippen MR) is 108 cm³/mol. The Bertz CT molecular complexity index is 1280. The summed E-state index contributed by atoms with van der Waals surface area (Å²) in [6.45, 7) is 3.64. The van der Waals surface area contributed by atoms with Crippen molar-refractivity contribution in [2.24, 2.45) is 0 Å². The smallest absolute Gasteiger partial charge is 0.337 e. The molecule has 0 saturated carbocycles. The van der Waals surface area contributed by atoms with Crippen LogP contribution in [-0.2, 0) is 0 Å². The van der Waals surface area contributed by atoms with Crippen LogP contribution in [0.3, 0.4) is 0 Å². The van der Waals surface area contributed by atoms with Crippen molar-refractivity contribution in [1.82, 2.24) is 20.2 Å². The van der Waals surface area contributed by atoms with Crippen molar-refractivity contribution >= 4 is 34.2 Å². The Balaban J connectivity index is 1.84. The molecule has 2 heterocycles. The standard InChI is InChI=1S/C20H20N4O5/c25-13-4-3-11(20(28)29)16-18(13)23-17-12(14(26)9-15(27)19(17)22-16)10-21-5-8-24-6-1-2-7-24/h3-4,9-10,21-22,26H,1-2,5-8H2,(H,28,29)/b12-10-. The summed E-state index contributed by atoms with van der Waals surface area (Å²) in [5.74, 6) is -1.51. The molecule has 1 saturated heterocycles. The number of aromatic carboxylic acids is 1. The zero-order valence-electron chi connectivity index (χ0n) is 15.6. The number of rotatable bonds is 5. The van der Waals surface area contributed by atoms with Gasteiger partial charge in [0.1, 0.15) is 22.3 Å². The predicted octanol–water partition coefficient (Wildman–Crippen LogP) is -0.0174. The number of benzene rings is 2. The minimum atomic E-state index is -1.24. The molecule has 1 aliphatic rings. The molecule has 0 unspecified atom stereocenters. The van der Waals surface area contributed by atoms with Gasteiger partial charge in [0.05, 0.1) is 16.3 Å². The number of aromatic hydroxyl groups is 1. The summed E-state index contributed by atoms with van der Waals surface area (Å²) >= 11 is 0. The maximum absolute atomic E-state index is 12.4. The number of phenolic OH excluding ortho intramolecular Hbond substituents is 1. The molecule has 9 nitrogen and oxygen atoms in total. The molecule has 2 aromatic carbocycles. The van der Waals surface area contributed by atoms with E-state index in [0.29, 0.717) is 6.54 Å². The maximum atomic E-state index is 12.4. The van der Waals surface area contributed by atoms with Gasteiger partial charge in [-0.05, 0) is 38.1 Å². The van der Waals surface area contributed by atoms with Crippen LogP contribution < -0.4 is 21.4 Å². The van der Waals surface area contributed by atoms with Gasteiger partial charge in [-0.2, -0.15) is 0 Å². The van der Waals surface area contributed by atoms with Gasteiger partial charge >= 0.3 is 5.97 Å². The first-order valence-corrected chi connectivity index (χ1v) is 9.37. The van der Waals surface area contributed by atoms with Crippen LogP contribution in [0.4, 0.5) is 0 Å². The minimum absolute atomic E-state index is 0.0202. The van der Waals surface area contributed by atoms with Crippen molar-refractivity contribution in [2.75, 3.05) is 26.2 Å². The van der Waals surface area contributed by atoms with E-state index >= 15 is 0 Å². The molecule has 0 radical (unpaired) electrons. The highest BCUT2D eigenvalue weighted by Gasteiger charge is 2.16. The van der Waals surface area contributed by atoms with Crippen LogP contribution in [0.15, 0.2) is 27.8 Å². The van der Waals surface area contributed by atoms with E-state index in [2.05, 4.69) is 20.2 Å². The van der Waals surface area contributed by atoms with Gasteiger partial charge in [0.2, 0.25) is 10.9 Å². The van der Waals surface area contributed by atoms with Gasteiger partial charge in [-0.15, -0.1) is 0 Å². The average molecular weight is 396 g/mol. The zero-order valence-corrected chi connectivity index (χ0v) is 15.6. The second-order valence-corrected chi connectivity index (χ2v) is 7.06. The highest BCUT2D eigenvalue weighted by atomic mass is 16.4. The van der Waals surface area contributed by atoms with Crippen molar-refractivity contribution < 1.29 is 15.0 Å². The number of phenols is 1. The lowest BCUT2D eigenvalue weighted by Gasteiger charge is -2.13. The Kier molecular flexibility index (Phi) is 4.89. The lowest BCUT2D eigenvalue weighted by molar-refractivity contribution is 0.0699. The lowest BCUT2D eigenvalue weighted by Crippen LogP contribution is -2.29. The van der Waals surface area contributed by atoms with Gasteiger partial charge in [0.15, 0.2) is 0 Å². The summed E-state index contributed by atoms with van der Waals surface area (Å²) in [5, 5.41) is 23.0. The summed E-state index contributed by atoms with van der Waals surface area (Å²) in [6.07, 6.45) is 3.96. The number of nitrogens with zero attached hydrogens (tertiary/aromatic N) is 2. The molecule has 0 aliphatic carbocycles. The number of H-pyrrole nitrogens is 1. The molecule has 150 valence electrons. The monoisotopic (exact) mass is 396 g/mol. The quantitative estimate of drug-likeness (QED) is 0.349. The fourth-order valence-corrected chi connectivity index (χ4v) is 3.65. The first-order chi connectivity index (χ1) is 14.0. The Morgan fingerprint density at radius 2 is 1.93 bits per heavy atom. The van der Waals surface area contributed by atoms with Gasteiger partial charge in [-0.3, -0.25) is 9.59 Å². The molecule has 0 bridgehead atoms. The van der Waals surface area contributed by atoms with Gasteiger partial charge in [-0.1, -0.05) is 0 Å². The number of aromatic amines is 1. The summed E-state index contributed by atoms with van der Waals surface area (Å²) in [4.78, 5) is 45.4. The van der Waals surface area contributed by atoms with Crippen LogP contribution in [-0.4, -0.2) is 57.2 Å². The maximum Gasteiger partial charge on any atom is 0.337 e. The minimum Gasteiger partial charge on any atom is -0.507 e. The molecule has 1 aliphatic heterocycles. The van der Waals surface area contributed by atoms with Crippen LogP contribution in [0.1, 0.15) is 23.2 Å². The van der Waals surface area contributed by atoms with Crippen LogP contribution in [0.5, 0.6) is 5.75 Å². The molecule has 0 spiro atoms. The van der Waals surface area contributed by atoms with E-state index in [1.54, 1.807) is 6.20 Å². The first-order valence-electron chi connectivity index (χ1n) is 9.37. The number of carboxylic acids is 1. The number of likely N-dealkylation sites (tertiary alicyclic amines) is 1. The third kappa shape index (κ3) is 3.52. The fraction of sp³-hybridized carbons (Fsp3) is 0.300. The van der Waals surface area contributed by atoms with Crippen molar-refractivity contribution in [2.45, 2.75) is 12.8 Å². The van der Waals surface area contributed by atoms with Crippen molar-refractivity contribution in [3.63, 3.8) is 0 Å². The number of nitrogens with one attached hydrogen (secondary N) is 2. The van der Waals surface area contributed by atoms with E-state index in [0.717, 1.165) is 31.8 Å². The fourth-order valence-electron chi connectivity index (χ4n) is 3.65. The van der Waals surface area contributed by atoms with E-state index in [4.69, 9.17) is 0 Å². The van der Waals surface area contributed by atoms with E-state index in [9.17, 15) is 24.6 Å². The Morgan fingerprint density at radius 3 is 2.66 bits per heavy atom. The van der Waals surface area contributed by atoms with Crippen LogP contribution in [0, 0.1) is 0 Å². The molecule has 0 atom stereocenters. The van der Waals surface area contributed by atoms with Crippen LogP contribution in [0.2, 0.25) is 0 Å². The highest BCUT2D eigenvalue weighted by molar-refractivity contribution is 6.02. The van der Waals surface area contributed by atoms with E-state index in [-0.39, 0.29) is 38.6 Å². The van der Waals surface area contributed by atoms with Crippen molar-refractivity contribution in [1.29, 1.82) is 0 Å². The molecule has 4 N–H and O–H groups in total. The molecular formula is C20H20N4O5. The molecule has 1 fully saturated rings. The molecule has 29 heavy (non-hydrogen) atoms. The number of carbonyl (C=O) groups is 1. The van der Waals surface area contributed by atoms with Crippen molar-refractivity contribution in [3.05, 3.63) is 49.4 Å². The Morgan fingerprint density at radius 1 is 1.17 bits per heavy atom. The molecule has 3 aromatic rings. The Labute approximate surface area is 164 Å².